The van der Waals surface area contributed by atoms with Crippen LogP contribution in [-0.4, -0.2) is 49.2 Å². The molecule has 3 aliphatic heterocycles. The van der Waals surface area contributed by atoms with Crippen LogP contribution in [-0.2, 0) is 0 Å². The summed E-state index contributed by atoms with van der Waals surface area (Å²) in [6.07, 6.45) is 3.34. The third-order valence-corrected chi connectivity index (χ3v) is 5.18. The number of hydrogen-bond donors (Lipinski definition) is 1. The fourth-order valence-electron chi connectivity index (χ4n) is 3.89. The zero-order chi connectivity index (χ0) is 15.8. The van der Waals surface area contributed by atoms with Crippen LogP contribution in [0.2, 0.25) is 0 Å². The Kier molecular flexibility index (Phi) is 3.89. The lowest BCUT2D eigenvalue weighted by Gasteiger charge is -2.30. The summed E-state index contributed by atoms with van der Waals surface area (Å²) in [7, 11) is 0. The zero-order valence-corrected chi connectivity index (χ0v) is 13.6. The van der Waals surface area contributed by atoms with E-state index < -0.39 is 0 Å². The number of hydrogen-bond acceptors (Lipinski definition) is 4. The Hall–Kier alpha value is -1.75. The van der Waals surface area contributed by atoms with Gasteiger partial charge in [0.2, 0.25) is 0 Å². The number of nitrogens with zero attached hydrogens (tertiary/aromatic N) is 1. The summed E-state index contributed by atoms with van der Waals surface area (Å²) in [5.41, 5.74) is 0.650. The van der Waals surface area contributed by atoms with E-state index in [-0.39, 0.29) is 18.1 Å². The van der Waals surface area contributed by atoms with Gasteiger partial charge in [-0.1, -0.05) is 6.92 Å². The second kappa shape index (κ2) is 6.04. The van der Waals surface area contributed by atoms with Crippen molar-refractivity contribution in [3.63, 3.8) is 0 Å². The molecule has 4 atom stereocenters. The molecule has 1 N–H and O–H groups in total. The number of piperidine rings is 1. The minimum absolute atomic E-state index is 0.0116. The highest BCUT2D eigenvalue weighted by molar-refractivity contribution is 5.95. The molecule has 0 aliphatic carbocycles. The molecule has 0 radical (unpaired) electrons. The molecule has 2 fully saturated rings. The van der Waals surface area contributed by atoms with E-state index in [1.807, 2.05) is 18.2 Å². The summed E-state index contributed by atoms with van der Waals surface area (Å²) in [6.45, 7) is 6.01. The van der Waals surface area contributed by atoms with E-state index in [0.717, 1.165) is 31.1 Å². The summed E-state index contributed by atoms with van der Waals surface area (Å²) in [5, 5.41) is 3.19. The molecule has 1 amide bonds. The van der Waals surface area contributed by atoms with E-state index in [4.69, 9.17) is 9.47 Å². The molecular formula is C18H24N2O3. The van der Waals surface area contributed by atoms with E-state index in [2.05, 4.69) is 17.1 Å². The molecule has 4 rings (SSSR count). The van der Waals surface area contributed by atoms with Crippen molar-refractivity contribution in [1.82, 2.24) is 10.2 Å². The maximum atomic E-state index is 12.6. The molecule has 0 aromatic heterocycles. The van der Waals surface area contributed by atoms with Crippen molar-refractivity contribution >= 4 is 5.91 Å². The van der Waals surface area contributed by atoms with Gasteiger partial charge >= 0.3 is 0 Å². The first kappa shape index (κ1) is 14.8. The molecular weight excluding hydrogens is 292 g/mol. The second-order valence-corrected chi connectivity index (χ2v) is 6.94. The topological polar surface area (TPSA) is 50.8 Å². The Morgan fingerprint density at radius 1 is 1.35 bits per heavy atom. The fraction of sp³-hybridized carbons (Fsp3) is 0.611. The van der Waals surface area contributed by atoms with Gasteiger partial charge in [0.05, 0.1) is 0 Å². The molecule has 2 bridgehead atoms. The highest BCUT2D eigenvalue weighted by Crippen LogP contribution is 2.33. The predicted octanol–water partition coefficient (Wildman–Crippen LogP) is 2.06. The van der Waals surface area contributed by atoms with Crippen LogP contribution in [0.5, 0.6) is 11.5 Å². The van der Waals surface area contributed by atoms with E-state index in [1.165, 1.54) is 19.5 Å². The number of rotatable bonds is 3. The minimum atomic E-state index is -0.0116. The van der Waals surface area contributed by atoms with E-state index in [0.29, 0.717) is 17.9 Å². The first-order valence-corrected chi connectivity index (χ1v) is 8.68. The van der Waals surface area contributed by atoms with Crippen LogP contribution in [0, 0.1) is 5.92 Å². The third kappa shape index (κ3) is 3.02. The van der Waals surface area contributed by atoms with Crippen LogP contribution in [0.3, 0.4) is 0 Å². The molecule has 1 aromatic carbocycles. The molecule has 5 heteroatoms. The number of carbonyl (C=O) groups excluding carboxylic acids is 1. The Bertz CT molecular complexity index is 592. The Balaban J connectivity index is 1.44. The average Bonchev–Trinajstić information content (AvgIpc) is 2.92. The van der Waals surface area contributed by atoms with Crippen molar-refractivity contribution in [2.75, 3.05) is 26.2 Å². The maximum Gasteiger partial charge on any atom is 0.251 e. The van der Waals surface area contributed by atoms with E-state index in [1.54, 1.807) is 0 Å². The number of carbonyl (C=O) groups is 1. The monoisotopic (exact) mass is 316 g/mol. The highest BCUT2D eigenvalue weighted by Gasteiger charge is 2.33. The lowest BCUT2D eigenvalue weighted by molar-refractivity contribution is 0.0863. The van der Waals surface area contributed by atoms with Gasteiger partial charge in [-0.25, -0.2) is 0 Å². The normalized spacial score (nSPS) is 31.7. The molecule has 3 aliphatic rings. The lowest BCUT2D eigenvalue weighted by atomic mass is 9.96. The van der Waals surface area contributed by atoms with Gasteiger partial charge in [0.15, 0.2) is 11.5 Å². The molecule has 2 unspecified atom stereocenters. The van der Waals surface area contributed by atoms with Gasteiger partial charge < -0.3 is 19.7 Å². The molecule has 5 nitrogen and oxygen atoms in total. The Labute approximate surface area is 136 Å². The molecule has 23 heavy (non-hydrogen) atoms. The largest absolute Gasteiger partial charge is 0.486 e. The van der Waals surface area contributed by atoms with Crippen LogP contribution in [0.1, 0.15) is 36.5 Å². The average molecular weight is 316 g/mol. The predicted molar refractivity (Wildman–Crippen MR) is 87.1 cm³/mol. The Morgan fingerprint density at radius 3 is 3.09 bits per heavy atom. The van der Waals surface area contributed by atoms with Crippen molar-refractivity contribution in [3.8, 4) is 11.5 Å². The van der Waals surface area contributed by atoms with Gasteiger partial charge in [-0.05, 0) is 49.9 Å². The fourth-order valence-corrected chi connectivity index (χ4v) is 3.89. The number of benzene rings is 1. The highest BCUT2D eigenvalue weighted by atomic mass is 16.6. The van der Waals surface area contributed by atoms with Crippen molar-refractivity contribution < 1.29 is 14.3 Å². The summed E-state index contributed by atoms with van der Waals surface area (Å²) in [4.78, 5) is 15.0. The molecule has 1 aromatic rings. The van der Waals surface area contributed by atoms with Gasteiger partial charge in [0, 0.05) is 24.7 Å². The van der Waals surface area contributed by atoms with Crippen molar-refractivity contribution in [2.24, 2.45) is 5.92 Å². The van der Waals surface area contributed by atoms with Gasteiger partial charge in [-0.2, -0.15) is 0 Å². The van der Waals surface area contributed by atoms with Crippen LogP contribution >= 0.6 is 0 Å². The zero-order valence-electron chi connectivity index (χ0n) is 13.6. The SMILES string of the molecule is CCC1COc2ccc(C(=O)N[C@@H]3C[C@@H]4CCN(C4)C3)cc2O1. The van der Waals surface area contributed by atoms with Crippen LogP contribution in [0.15, 0.2) is 18.2 Å². The standard InChI is InChI=1S/C18H24N2O3/c1-2-15-11-22-16-4-3-13(8-17(16)23-15)18(21)19-14-7-12-5-6-20(9-12)10-14/h3-4,8,12,14-15H,2,5-7,9-11H2,1H3,(H,19,21)/t12-,14+,15?/m0/s1. The van der Waals surface area contributed by atoms with E-state index in [9.17, 15) is 4.79 Å². The Morgan fingerprint density at radius 2 is 2.26 bits per heavy atom. The van der Waals surface area contributed by atoms with Crippen molar-refractivity contribution in [3.05, 3.63) is 23.8 Å². The number of amides is 1. The molecule has 124 valence electrons. The van der Waals surface area contributed by atoms with Crippen LogP contribution < -0.4 is 14.8 Å². The first-order valence-electron chi connectivity index (χ1n) is 8.68. The summed E-state index contributed by atoms with van der Waals surface area (Å²) in [5.74, 6) is 2.15. The van der Waals surface area contributed by atoms with Crippen molar-refractivity contribution in [1.29, 1.82) is 0 Å². The minimum Gasteiger partial charge on any atom is -0.486 e. The second-order valence-electron chi connectivity index (χ2n) is 6.94. The third-order valence-electron chi connectivity index (χ3n) is 5.18. The van der Waals surface area contributed by atoms with Gasteiger partial charge in [-0.3, -0.25) is 4.79 Å². The molecule has 0 spiro atoms. The van der Waals surface area contributed by atoms with Crippen molar-refractivity contribution in [2.45, 2.75) is 38.3 Å². The van der Waals surface area contributed by atoms with Gasteiger partial charge in [-0.15, -0.1) is 0 Å². The molecule has 0 saturated carbocycles. The van der Waals surface area contributed by atoms with Crippen LogP contribution in [0.25, 0.3) is 0 Å². The van der Waals surface area contributed by atoms with Gasteiger partial charge in [0.1, 0.15) is 12.7 Å². The summed E-state index contributed by atoms with van der Waals surface area (Å²) >= 11 is 0. The van der Waals surface area contributed by atoms with Gasteiger partial charge in [0.25, 0.3) is 5.91 Å². The molecule has 2 saturated heterocycles. The van der Waals surface area contributed by atoms with E-state index >= 15 is 0 Å². The quantitative estimate of drug-likeness (QED) is 0.927. The summed E-state index contributed by atoms with van der Waals surface area (Å²) in [6, 6.07) is 5.73. The number of nitrogens with one attached hydrogen (secondary N) is 1. The summed E-state index contributed by atoms with van der Waals surface area (Å²) < 4.78 is 11.6. The van der Waals surface area contributed by atoms with Crippen LogP contribution in [0.4, 0.5) is 0 Å². The maximum absolute atomic E-state index is 12.6. The molecule has 3 heterocycles. The number of ether oxygens (including phenoxy) is 2. The lowest BCUT2D eigenvalue weighted by Crippen LogP contribution is -2.47. The smallest absolute Gasteiger partial charge is 0.251 e. The first-order chi connectivity index (χ1) is 11.2. The number of fused-ring (bicyclic) bond motifs is 3.